The number of fused-ring (bicyclic) bond motifs is 1. The molecule has 122 valence electrons. The van der Waals surface area contributed by atoms with E-state index in [-0.39, 0.29) is 18.0 Å². The third-order valence-corrected chi connectivity index (χ3v) is 4.30. The van der Waals surface area contributed by atoms with Gasteiger partial charge in [0.1, 0.15) is 0 Å². The average Bonchev–Trinajstić information content (AvgIpc) is 2.62. The van der Waals surface area contributed by atoms with E-state index in [0.29, 0.717) is 22.5 Å². The van der Waals surface area contributed by atoms with Gasteiger partial charge in [-0.2, -0.15) is 0 Å². The Morgan fingerprint density at radius 3 is 2.17 bits per heavy atom. The minimum Gasteiger partial charge on any atom is -0.372 e. The van der Waals surface area contributed by atoms with Crippen LogP contribution in [0.5, 0.6) is 0 Å². The molecule has 0 N–H and O–H groups in total. The van der Waals surface area contributed by atoms with Crippen molar-refractivity contribution >= 4 is 28.7 Å². The number of rotatable bonds is 4. The minimum absolute atomic E-state index is 0.0521. The van der Waals surface area contributed by atoms with Gasteiger partial charge in [-0.15, -0.1) is 0 Å². The Morgan fingerprint density at radius 1 is 0.917 bits per heavy atom. The van der Waals surface area contributed by atoms with Gasteiger partial charge in [0.2, 0.25) is 5.78 Å². The molecule has 0 unspecified atom stereocenters. The summed E-state index contributed by atoms with van der Waals surface area (Å²) in [6, 6.07) is 14.7. The SMILES string of the molecule is CCN(CC)c1ccc(N=C2CC(=O)c3ccccc3C2=O)cc1. The topological polar surface area (TPSA) is 49.7 Å². The van der Waals surface area contributed by atoms with E-state index in [1.54, 1.807) is 24.3 Å². The molecule has 2 aromatic carbocycles. The van der Waals surface area contributed by atoms with Crippen molar-refractivity contribution in [1.82, 2.24) is 0 Å². The minimum atomic E-state index is -0.155. The molecule has 0 saturated carbocycles. The Kier molecular flexibility index (Phi) is 4.56. The van der Waals surface area contributed by atoms with Crippen molar-refractivity contribution in [1.29, 1.82) is 0 Å². The molecule has 0 bridgehead atoms. The van der Waals surface area contributed by atoms with Crippen LogP contribution in [0.2, 0.25) is 0 Å². The summed E-state index contributed by atoms with van der Waals surface area (Å²) in [5, 5.41) is 0. The summed E-state index contributed by atoms with van der Waals surface area (Å²) < 4.78 is 0. The van der Waals surface area contributed by atoms with Gasteiger partial charge in [0.25, 0.3) is 0 Å². The number of Topliss-reactive ketones (excluding diaryl/α,β-unsaturated/α-hetero) is 2. The fourth-order valence-corrected chi connectivity index (χ4v) is 2.98. The second kappa shape index (κ2) is 6.79. The molecule has 0 heterocycles. The lowest BCUT2D eigenvalue weighted by Crippen LogP contribution is -2.26. The molecule has 4 heteroatoms. The van der Waals surface area contributed by atoms with Crippen molar-refractivity contribution in [3.8, 4) is 0 Å². The van der Waals surface area contributed by atoms with E-state index in [1.807, 2.05) is 24.3 Å². The van der Waals surface area contributed by atoms with E-state index in [2.05, 4.69) is 23.7 Å². The number of benzene rings is 2. The first-order chi connectivity index (χ1) is 11.6. The van der Waals surface area contributed by atoms with Crippen LogP contribution in [0.3, 0.4) is 0 Å². The number of carbonyl (C=O) groups excluding carboxylic acids is 2. The van der Waals surface area contributed by atoms with E-state index >= 15 is 0 Å². The molecular formula is C20H20N2O2. The van der Waals surface area contributed by atoms with E-state index in [9.17, 15) is 9.59 Å². The standard InChI is InChI=1S/C20H20N2O2/c1-3-22(4-2)15-11-9-14(10-12-15)21-18-13-19(23)16-7-5-6-8-17(16)20(18)24/h5-12H,3-4,13H2,1-2H3. The van der Waals surface area contributed by atoms with Crippen molar-refractivity contribution in [2.75, 3.05) is 18.0 Å². The molecule has 0 radical (unpaired) electrons. The maximum atomic E-state index is 12.5. The highest BCUT2D eigenvalue weighted by atomic mass is 16.1. The van der Waals surface area contributed by atoms with Crippen molar-refractivity contribution in [2.45, 2.75) is 20.3 Å². The highest BCUT2D eigenvalue weighted by Crippen LogP contribution is 2.24. The van der Waals surface area contributed by atoms with Gasteiger partial charge < -0.3 is 4.90 Å². The predicted octanol–water partition coefficient (Wildman–Crippen LogP) is 4.07. The van der Waals surface area contributed by atoms with E-state index in [0.717, 1.165) is 18.8 Å². The van der Waals surface area contributed by atoms with Crippen LogP contribution in [-0.4, -0.2) is 30.4 Å². The smallest absolute Gasteiger partial charge is 0.208 e. The third kappa shape index (κ3) is 3.00. The second-order valence-corrected chi connectivity index (χ2v) is 5.72. The van der Waals surface area contributed by atoms with Crippen LogP contribution in [0, 0.1) is 0 Å². The van der Waals surface area contributed by atoms with Crippen LogP contribution < -0.4 is 4.90 Å². The van der Waals surface area contributed by atoms with E-state index in [4.69, 9.17) is 0 Å². The van der Waals surface area contributed by atoms with Crippen LogP contribution >= 0.6 is 0 Å². The summed E-state index contributed by atoms with van der Waals surface area (Å²) in [7, 11) is 0. The number of carbonyl (C=O) groups is 2. The quantitative estimate of drug-likeness (QED) is 0.853. The van der Waals surface area contributed by atoms with Crippen LogP contribution in [0.25, 0.3) is 0 Å². The number of ketones is 2. The molecule has 0 fully saturated rings. The zero-order valence-corrected chi connectivity index (χ0v) is 14.0. The normalized spacial score (nSPS) is 15.5. The highest BCUT2D eigenvalue weighted by Gasteiger charge is 2.28. The van der Waals surface area contributed by atoms with Crippen LogP contribution in [0.4, 0.5) is 11.4 Å². The Labute approximate surface area is 141 Å². The number of anilines is 1. The van der Waals surface area contributed by atoms with Crippen LogP contribution in [0.1, 0.15) is 41.0 Å². The van der Waals surface area contributed by atoms with Crippen LogP contribution in [-0.2, 0) is 0 Å². The molecule has 0 atom stereocenters. The van der Waals surface area contributed by atoms with E-state index in [1.165, 1.54) is 0 Å². The zero-order chi connectivity index (χ0) is 17.1. The Bertz CT molecular complexity index is 803. The highest BCUT2D eigenvalue weighted by molar-refractivity contribution is 6.53. The zero-order valence-electron chi connectivity index (χ0n) is 14.0. The van der Waals surface area contributed by atoms with Gasteiger partial charge in [0.05, 0.1) is 17.8 Å². The van der Waals surface area contributed by atoms with Crippen molar-refractivity contribution in [2.24, 2.45) is 4.99 Å². The van der Waals surface area contributed by atoms with E-state index < -0.39 is 0 Å². The summed E-state index contributed by atoms with van der Waals surface area (Å²) in [4.78, 5) is 31.4. The molecule has 0 spiro atoms. The van der Waals surface area contributed by atoms with Gasteiger partial charge in [-0.25, -0.2) is 4.99 Å². The Hall–Kier alpha value is -2.75. The number of nitrogens with zero attached hydrogens (tertiary/aromatic N) is 2. The van der Waals surface area contributed by atoms with Gasteiger partial charge in [-0.3, -0.25) is 9.59 Å². The molecule has 1 aliphatic carbocycles. The molecule has 0 saturated heterocycles. The number of hydrogen-bond acceptors (Lipinski definition) is 4. The molecule has 3 rings (SSSR count). The maximum Gasteiger partial charge on any atom is 0.208 e. The molecule has 24 heavy (non-hydrogen) atoms. The number of aliphatic imine (C=N–C) groups is 1. The average molecular weight is 320 g/mol. The second-order valence-electron chi connectivity index (χ2n) is 5.72. The molecule has 0 aliphatic heterocycles. The fraction of sp³-hybridized carbons (Fsp3) is 0.250. The summed E-state index contributed by atoms with van der Waals surface area (Å²) in [6.45, 7) is 6.10. The first-order valence-corrected chi connectivity index (χ1v) is 8.23. The maximum absolute atomic E-state index is 12.5. The molecule has 1 aliphatic rings. The summed E-state index contributed by atoms with van der Waals surface area (Å²) in [5.74, 6) is -0.207. The first kappa shape index (κ1) is 16.1. The lowest BCUT2D eigenvalue weighted by molar-refractivity contribution is 0.0965. The molecule has 0 aromatic heterocycles. The lowest BCUT2D eigenvalue weighted by atomic mass is 9.88. The molecule has 0 amide bonds. The van der Waals surface area contributed by atoms with Gasteiger partial charge in [-0.05, 0) is 38.1 Å². The number of hydrogen-bond donors (Lipinski definition) is 0. The summed E-state index contributed by atoms with van der Waals surface area (Å²) >= 11 is 0. The largest absolute Gasteiger partial charge is 0.372 e. The summed E-state index contributed by atoms with van der Waals surface area (Å²) in [6.07, 6.45) is 0.0631. The predicted molar refractivity (Wildman–Crippen MR) is 96.8 cm³/mol. The summed E-state index contributed by atoms with van der Waals surface area (Å²) in [5.41, 5.74) is 3.08. The first-order valence-electron chi connectivity index (χ1n) is 8.23. The van der Waals surface area contributed by atoms with Gasteiger partial charge >= 0.3 is 0 Å². The molecular weight excluding hydrogens is 300 g/mol. The van der Waals surface area contributed by atoms with Gasteiger partial charge in [0.15, 0.2) is 5.78 Å². The fourth-order valence-electron chi connectivity index (χ4n) is 2.98. The monoisotopic (exact) mass is 320 g/mol. The molecule has 4 nitrogen and oxygen atoms in total. The van der Waals surface area contributed by atoms with Gasteiger partial charge in [-0.1, -0.05) is 24.3 Å². The Balaban J connectivity index is 1.90. The van der Waals surface area contributed by atoms with Crippen molar-refractivity contribution in [3.05, 3.63) is 59.7 Å². The lowest BCUT2D eigenvalue weighted by Gasteiger charge is -2.21. The van der Waals surface area contributed by atoms with Gasteiger partial charge in [0, 0.05) is 29.9 Å². The van der Waals surface area contributed by atoms with Crippen molar-refractivity contribution < 1.29 is 9.59 Å². The Morgan fingerprint density at radius 2 is 1.54 bits per heavy atom. The third-order valence-electron chi connectivity index (χ3n) is 4.30. The van der Waals surface area contributed by atoms with Crippen LogP contribution in [0.15, 0.2) is 53.5 Å². The van der Waals surface area contributed by atoms with Crippen molar-refractivity contribution in [3.63, 3.8) is 0 Å². The molecule has 2 aromatic rings.